The van der Waals surface area contributed by atoms with E-state index in [2.05, 4.69) is 4.98 Å². The molecule has 0 radical (unpaired) electrons. The predicted octanol–water partition coefficient (Wildman–Crippen LogP) is -0.194. The van der Waals surface area contributed by atoms with Crippen LogP contribution in [-0.4, -0.2) is 32.7 Å². The quantitative estimate of drug-likeness (QED) is 0.755. The van der Waals surface area contributed by atoms with Crippen LogP contribution < -0.4 is 10.0 Å². The van der Waals surface area contributed by atoms with Gasteiger partial charge in [0.25, 0.3) is 0 Å². The van der Waals surface area contributed by atoms with Crippen molar-refractivity contribution >= 4 is 15.7 Å². The number of pyridine rings is 1. The van der Waals surface area contributed by atoms with Crippen LogP contribution in [0.4, 0.5) is 5.69 Å². The zero-order valence-corrected chi connectivity index (χ0v) is 8.74. The van der Waals surface area contributed by atoms with Crippen LogP contribution in [0.2, 0.25) is 0 Å². The largest absolute Gasteiger partial charge is 0.329 e. The second-order valence-electron chi connectivity index (χ2n) is 2.78. The molecule has 14 heavy (non-hydrogen) atoms. The minimum Gasteiger partial charge on any atom is -0.329 e. The van der Waals surface area contributed by atoms with Gasteiger partial charge in [-0.15, -0.1) is 0 Å². The van der Waals surface area contributed by atoms with Crippen molar-refractivity contribution in [1.29, 1.82) is 0 Å². The van der Waals surface area contributed by atoms with E-state index < -0.39 is 10.0 Å². The number of anilines is 1. The third-order valence-corrected chi connectivity index (χ3v) is 3.62. The van der Waals surface area contributed by atoms with E-state index in [1.54, 1.807) is 24.5 Å². The van der Waals surface area contributed by atoms with Crippen molar-refractivity contribution < 1.29 is 8.42 Å². The zero-order valence-electron chi connectivity index (χ0n) is 7.92. The molecule has 0 atom stereocenters. The molecule has 0 unspecified atom stereocenters. The number of sulfonamides is 1. The number of hydrogen-bond acceptors (Lipinski definition) is 4. The molecule has 0 fully saturated rings. The van der Waals surface area contributed by atoms with Crippen LogP contribution in [0.1, 0.15) is 0 Å². The summed E-state index contributed by atoms with van der Waals surface area (Å²) in [5, 5.41) is 0. The van der Waals surface area contributed by atoms with E-state index in [4.69, 9.17) is 5.73 Å². The van der Waals surface area contributed by atoms with Gasteiger partial charge in [-0.3, -0.25) is 9.29 Å². The van der Waals surface area contributed by atoms with Gasteiger partial charge in [-0.1, -0.05) is 0 Å². The van der Waals surface area contributed by atoms with E-state index in [0.717, 1.165) is 0 Å². The maximum absolute atomic E-state index is 11.6. The lowest BCUT2D eigenvalue weighted by Gasteiger charge is -2.18. The van der Waals surface area contributed by atoms with Crippen molar-refractivity contribution in [2.75, 3.05) is 23.7 Å². The Morgan fingerprint density at radius 3 is 2.50 bits per heavy atom. The van der Waals surface area contributed by atoms with Gasteiger partial charge in [0.1, 0.15) is 0 Å². The molecule has 1 aromatic rings. The molecule has 0 saturated heterocycles. The summed E-state index contributed by atoms with van der Waals surface area (Å²) >= 11 is 0. The predicted molar refractivity (Wildman–Crippen MR) is 55.5 cm³/mol. The molecule has 78 valence electrons. The van der Waals surface area contributed by atoms with Gasteiger partial charge in [0.05, 0.1) is 11.4 Å². The van der Waals surface area contributed by atoms with E-state index >= 15 is 0 Å². The van der Waals surface area contributed by atoms with Gasteiger partial charge in [-0.2, -0.15) is 0 Å². The smallest absolute Gasteiger partial charge is 0.236 e. The summed E-state index contributed by atoms with van der Waals surface area (Å²) in [7, 11) is -1.78. The molecule has 1 rings (SSSR count). The molecule has 0 aromatic carbocycles. The average Bonchev–Trinajstić information content (AvgIpc) is 2.18. The Morgan fingerprint density at radius 1 is 1.43 bits per heavy atom. The molecule has 0 spiro atoms. The molecule has 0 aliphatic rings. The van der Waals surface area contributed by atoms with Crippen molar-refractivity contribution in [3.05, 3.63) is 24.5 Å². The first-order chi connectivity index (χ1) is 6.58. The first-order valence-corrected chi connectivity index (χ1v) is 5.75. The van der Waals surface area contributed by atoms with Gasteiger partial charge >= 0.3 is 0 Å². The first kappa shape index (κ1) is 10.9. The van der Waals surface area contributed by atoms with Gasteiger partial charge in [0.15, 0.2) is 0 Å². The second kappa shape index (κ2) is 4.39. The van der Waals surface area contributed by atoms with Crippen LogP contribution in [0, 0.1) is 0 Å². The van der Waals surface area contributed by atoms with Gasteiger partial charge in [0.2, 0.25) is 10.0 Å². The molecule has 1 aromatic heterocycles. The highest BCUT2D eigenvalue weighted by Gasteiger charge is 2.16. The standard InChI is InChI=1S/C8H13N3O2S/c1-11(14(12,13)7-4-9)8-2-5-10-6-3-8/h2-3,5-6H,4,7,9H2,1H3. The number of rotatable bonds is 4. The molecular weight excluding hydrogens is 202 g/mol. The summed E-state index contributed by atoms with van der Waals surface area (Å²) in [4.78, 5) is 3.81. The lowest BCUT2D eigenvalue weighted by molar-refractivity contribution is 0.594. The molecule has 2 N–H and O–H groups in total. The lowest BCUT2D eigenvalue weighted by Crippen LogP contribution is -2.31. The second-order valence-corrected chi connectivity index (χ2v) is 4.90. The van der Waals surface area contributed by atoms with Gasteiger partial charge in [-0.05, 0) is 12.1 Å². The van der Waals surface area contributed by atoms with E-state index in [1.807, 2.05) is 0 Å². The SMILES string of the molecule is CN(c1ccncc1)S(=O)(=O)CCN. The third-order valence-electron chi connectivity index (χ3n) is 1.82. The van der Waals surface area contributed by atoms with Crippen LogP contribution in [0.15, 0.2) is 24.5 Å². The normalized spacial score (nSPS) is 11.3. The van der Waals surface area contributed by atoms with Crippen LogP contribution in [0.3, 0.4) is 0 Å². The summed E-state index contributed by atoms with van der Waals surface area (Å²) in [6, 6.07) is 3.27. The highest BCUT2D eigenvalue weighted by molar-refractivity contribution is 7.92. The van der Waals surface area contributed by atoms with Crippen LogP contribution in [0.5, 0.6) is 0 Å². The van der Waals surface area contributed by atoms with Crippen molar-refractivity contribution in [1.82, 2.24) is 4.98 Å². The molecule has 0 bridgehead atoms. The summed E-state index contributed by atoms with van der Waals surface area (Å²) in [5.74, 6) is -0.0498. The third kappa shape index (κ3) is 2.43. The molecule has 0 saturated carbocycles. The Labute approximate surface area is 83.6 Å². The highest BCUT2D eigenvalue weighted by atomic mass is 32.2. The van der Waals surface area contributed by atoms with Gasteiger partial charge in [-0.25, -0.2) is 8.42 Å². The Morgan fingerprint density at radius 2 is 2.00 bits per heavy atom. The number of nitrogens with two attached hydrogens (primary N) is 1. The maximum atomic E-state index is 11.6. The summed E-state index contributed by atoms with van der Waals surface area (Å²) in [5.41, 5.74) is 5.80. The number of nitrogens with zero attached hydrogens (tertiary/aromatic N) is 2. The zero-order chi connectivity index (χ0) is 10.6. The molecule has 6 heteroatoms. The van der Waals surface area contributed by atoms with Gasteiger partial charge in [0, 0.05) is 26.0 Å². The van der Waals surface area contributed by atoms with Crippen LogP contribution in [-0.2, 0) is 10.0 Å². The Kier molecular flexibility index (Phi) is 3.43. The Balaban J connectivity index is 2.91. The molecular formula is C8H13N3O2S. The molecule has 0 aliphatic carbocycles. The lowest BCUT2D eigenvalue weighted by atomic mass is 10.4. The maximum Gasteiger partial charge on any atom is 0.236 e. The van der Waals surface area contributed by atoms with E-state index in [1.165, 1.54) is 11.4 Å². The van der Waals surface area contributed by atoms with E-state index in [0.29, 0.717) is 5.69 Å². The minimum absolute atomic E-state index is 0.0498. The number of aromatic nitrogens is 1. The summed E-state index contributed by atoms with van der Waals surface area (Å²) in [6.07, 6.45) is 3.09. The van der Waals surface area contributed by atoms with E-state index in [-0.39, 0.29) is 12.3 Å². The highest BCUT2D eigenvalue weighted by Crippen LogP contribution is 2.13. The molecule has 0 aliphatic heterocycles. The molecule has 5 nitrogen and oxygen atoms in total. The Hall–Kier alpha value is -1.14. The minimum atomic E-state index is -3.28. The van der Waals surface area contributed by atoms with Crippen molar-refractivity contribution in [3.8, 4) is 0 Å². The Bertz CT molecular complexity index is 377. The monoisotopic (exact) mass is 215 g/mol. The van der Waals surface area contributed by atoms with Gasteiger partial charge < -0.3 is 5.73 Å². The fourth-order valence-electron chi connectivity index (χ4n) is 1.00. The van der Waals surface area contributed by atoms with Crippen molar-refractivity contribution in [3.63, 3.8) is 0 Å². The van der Waals surface area contributed by atoms with Crippen molar-refractivity contribution in [2.24, 2.45) is 5.73 Å². The van der Waals surface area contributed by atoms with Crippen molar-refractivity contribution in [2.45, 2.75) is 0 Å². The average molecular weight is 215 g/mol. The van der Waals surface area contributed by atoms with Crippen LogP contribution >= 0.6 is 0 Å². The molecule has 1 heterocycles. The fraction of sp³-hybridized carbons (Fsp3) is 0.375. The fourth-order valence-corrected chi connectivity index (χ4v) is 2.02. The molecule has 0 amide bonds. The van der Waals surface area contributed by atoms with Crippen LogP contribution in [0.25, 0.3) is 0 Å². The topological polar surface area (TPSA) is 76.3 Å². The number of hydrogen-bond donors (Lipinski definition) is 1. The first-order valence-electron chi connectivity index (χ1n) is 4.14. The summed E-state index contributed by atoms with van der Waals surface area (Å²) in [6.45, 7) is 0.123. The van der Waals surface area contributed by atoms with E-state index in [9.17, 15) is 8.42 Å². The summed E-state index contributed by atoms with van der Waals surface area (Å²) < 4.78 is 24.3.